The number of fused-ring (bicyclic) bond motifs is 1. The molecule has 6 nitrogen and oxygen atoms in total. The maximum atomic E-state index is 12.4. The van der Waals surface area contributed by atoms with Gasteiger partial charge in [-0.25, -0.2) is 0 Å². The Hall–Kier alpha value is -1.95. The lowest BCUT2D eigenvalue weighted by molar-refractivity contribution is -0.384. The first-order valence-corrected chi connectivity index (χ1v) is 6.89. The van der Waals surface area contributed by atoms with Crippen molar-refractivity contribution in [3.63, 3.8) is 0 Å². The van der Waals surface area contributed by atoms with Crippen molar-refractivity contribution in [1.82, 2.24) is 10.2 Å². The standard InChI is InChI=1S/C14H17N3O3/c18-14(10-1-3-13(4-2-10)17(19)20)16-6-5-11-7-15-8-12(11)9-16/h1-4,11-12,15H,5-9H2. The number of hydrogen-bond acceptors (Lipinski definition) is 4. The minimum absolute atomic E-state index is 0.0141. The van der Waals surface area contributed by atoms with Gasteiger partial charge in [0.05, 0.1) is 4.92 Å². The number of amides is 1. The highest BCUT2D eigenvalue weighted by atomic mass is 16.6. The van der Waals surface area contributed by atoms with Crippen LogP contribution in [0.5, 0.6) is 0 Å². The zero-order chi connectivity index (χ0) is 14.1. The summed E-state index contributed by atoms with van der Waals surface area (Å²) in [6.07, 6.45) is 1.04. The minimum Gasteiger partial charge on any atom is -0.338 e. The van der Waals surface area contributed by atoms with Crippen LogP contribution in [0.4, 0.5) is 5.69 Å². The molecular weight excluding hydrogens is 258 g/mol. The van der Waals surface area contributed by atoms with Crippen molar-refractivity contribution < 1.29 is 9.72 Å². The van der Waals surface area contributed by atoms with E-state index in [1.807, 2.05) is 4.90 Å². The molecule has 1 aromatic rings. The Balaban J connectivity index is 1.70. The van der Waals surface area contributed by atoms with E-state index in [1.54, 1.807) is 12.1 Å². The van der Waals surface area contributed by atoms with E-state index in [4.69, 9.17) is 0 Å². The van der Waals surface area contributed by atoms with Crippen LogP contribution in [0.25, 0.3) is 0 Å². The topological polar surface area (TPSA) is 75.5 Å². The summed E-state index contributed by atoms with van der Waals surface area (Å²) in [6.45, 7) is 3.60. The second kappa shape index (κ2) is 5.20. The number of nitrogens with zero attached hydrogens (tertiary/aromatic N) is 2. The van der Waals surface area contributed by atoms with Gasteiger partial charge >= 0.3 is 0 Å². The molecule has 2 atom stereocenters. The molecule has 20 heavy (non-hydrogen) atoms. The molecule has 106 valence electrons. The number of carbonyl (C=O) groups excluding carboxylic acids is 1. The molecule has 0 saturated carbocycles. The summed E-state index contributed by atoms with van der Waals surface area (Å²) in [4.78, 5) is 24.4. The summed E-state index contributed by atoms with van der Waals surface area (Å²) in [5, 5.41) is 14.0. The molecule has 1 amide bonds. The van der Waals surface area contributed by atoms with Crippen LogP contribution in [-0.2, 0) is 0 Å². The third-order valence-corrected chi connectivity index (χ3v) is 4.32. The van der Waals surface area contributed by atoms with Crippen molar-refractivity contribution in [2.24, 2.45) is 11.8 Å². The van der Waals surface area contributed by atoms with Gasteiger partial charge in [-0.15, -0.1) is 0 Å². The SMILES string of the molecule is O=C(c1ccc([N+](=O)[O-])cc1)N1CCC2CNCC2C1. The predicted octanol–water partition coefficient (Wildman–Crippen LogP) is 1.28. The first-order chi connectivity index (χ1) is 9.65. The van der Waals surface area contributed by atoms with Crippen LogP contribution in [0.15, 0.2) is 24.3 Å². The van der Waals surface area contributed by atoms with Crippen molar-refractivity contribution in [3.05, 3.63) is 39.9 Å². The summed E-state index contributed by atoms with van der Waals surface area (Å²) in [7, 11) is 0. The normalized spacial score (nSPS) is 25.3. The molecule has 0 radical (unpaired) electrons. The van der Waals surface area contributed by atoms with E-state index < -0.39 is 4.92 Å². The van der Waals surface area contributed by atoms with Crippen molar-refractivity contribution in [3.8, 4) is 0 Å². The maximum Gasteiger partial charge on any atom is 0.269 e. The number of benzene rings is 1. The van der Waals surface area contributed by atoms with Gasteiger partial charge in [-0.05, 0) is 43.5 Å². The molecule has 2 heterocycles. The molecule has 0 aliphatic carbocycles. The molecule has 2 saturated heterocycles. The van der Waals surface area contributed by atoms with E-state index in [1.165, 1.54) is 12.1 Å². The minimum atomic E-state index is -0.454. The lowest BCUT2D eigenvalue weighted by Crippen LogP contribution is -2.43. The van der Waals surface area contributed by atoms with E-state index >= 15 is 0 Å². The van der Waals surface area contributed by atoms with Crippen LogP contribution in [0, 0.1) is 22.0 Å². The number of piperidine rings is 1. The van der Waals surface area contributed by atoms with Gasteiger partial charge in [0.15, 0.2) is 0 Å². The van der Waals surface area contributed by atoms with Gasteiger partial charge in [0.25, 0.3) is 11.6 Å². The van der Waals surface area contributed by atoms with Gasteiger partial charge in [0, 0.05) is 30.8 Å². The summed E-state index contributed by atoms with van der Waals surface area (Å²) >= 11 is 0. The smallest absolute Gasteiger partial charge is 0.269 e. The molecule has 3 rings (SSSR count). The van der Waals surface area contributed by atoms with Crippen LogP contribution < -0.4 is 5.32 Å². The molecule has 0 bridgehead atoms. The van der Waals surface area contributed by atoms with Crippen molar-refractivity contribution >= 4 is 11.6 Å². The first kappa shape index (κ1) is 13.1. The number of nitrogens with one attached hydrogen (secondary N) is 1. The van der Waals surface area contributed by atoms with Gasteiger partial charge in [-0.2, -0.15) is 0 Å². The second-order valence-corrected chi connectivity index (χ2v) is 5.52. The maximum absolute atomic E-state index is 12.4. The number of nitro groups is 1. The quantitative estimate of drug-likeness (QED) is 0.651. The van der Waals surface area contributed by atoms with Crippen LogP contribution in [0.3, 0.4) is 0 Å². The van der Waals surface area contributed by atoms with E-state index in [-0.39, 0.29) is 11.6 Å². The number of carbonyl (C=O) groups is 1. The monoisotopic (exact) mass is 275 g/mol. The third kappa shape index (κ3) is 2.38. The van der Waals surface area contributed by atoms with Crippen LogP contribution in [-0.4, -0.2) is 41.9 Å². The molecule has 2 fully saturated rings. The Morgan fingerprint density at radius 3 is 2.65 bits per heavy atom. The van der Waals surface area contributed by atoms with Crippen LogP contribution in [0.2, 0.25) is 0 Å². The predicted molar refractivity (Wildman–Crippen MR) is 73.5 cm³/mol. The molecule has 0 spiro atoms. The Morgan fingerprint density at radius 2 is 1.95 bits per heavy atom. The van der Waals surface area contributed by atoms with Crippen LogP contribution >= 0.6 is 0 Å². The Morgan fingerprint density at radius 1 is 1.25 bits per heavy atom. The zero-order valence-corrected chi connectivity index (χ0v) is 11.1. The van der Waals surface area contributed by atoms with Crippen molar-refractivity contribution in [1.29, 1.82) is 0 Å². The number of nitro benzene ring substituents is 1. The van der Waals surface area contributed by atoms with E-state index in [2.05, 4.69) is 5.32 Å². The van der Waals surface area contributed by atoms with Crippen molar-refractivity contribution in [2.75, 3.05) is 26.2 Å². The number of hydrogen-bond donors (Lipinski definition) is 1. The van der Waals surface area contributed by atoms with E-state index in [0.717, 1.165) is 32.6 Å². The summed E-state index contributed by atoms with van der Waals surface area (Å²) in [5.41, 5.74) is 0.542. The van der Waals surface area contributed by atoms with E-state index in [9.17, 15) is 14.9 Å². The number of rotatable bonds is 2. The summed E-state index contributed by atoms with van der Waals surface area (Å²) in [6, 6.07) is 5.85. The Labute approximate surface area is 116 Å². The lowest BCUT2D eigenvalue weighted by atomic mass is 9.88. The van der Waals surface area contributed by atoms with Gasteiger partial charge in [0.2, 0.25) is 0 Å². The van der Waals surface area contributed by atoms with Gasteiger partial charge < -0.3 is 10.2 Å². The molecular formula is C14H17N3O3. The zero-order valence-electron chi connectivity index (χ0n) is 11.1. The summed E-state index contributed by atoms with van der Waals surface area (Å²) < 4.78 is 0. The highest BCUT2D eigenvalue weighted by molar-refractivity contribution is 5.94. The Bertz CT molecular complexity index is 529. The molecule has 2 aliphatic rings. The molecule has 6 heteroatoms. The van der Waals surface area contributed by atoms with Crippen molar-refractivity contribution in [2.45, 2.75) is 6.42 Å². The van der Waals surface area contributed by atoms with Gasteiger partial charge in [-0.3, -0.25) is 14.9 Å². The average Bonchev–Trinajstić information content (AvgIpc) is 2.94. The summed E-state index contributed by atoms with van der Waals surface area (Å²) in [5.74, 6) is 1.21. The van der Waals surface area contributed by atoms with Gasteiger partial charge in [-0.1, -0.05) is 0 Å². The van der Waals surface area contributed by atoms with Crippen LogP contribution in [0.1, 0.15) is 16.8 Å². The first-order valence-electron chi connectivity index (χ1n) is 6.89. The molecule has 2 aliphatic heterocycles. The third-order valence-electron chi connectivity index (χ3n) is 4.32. The molecule has 1 aromatic carbocycles. The van der Waals surface area contributed by atoms with Gasteiger partial charge in [0.1, 0.15) is 0 Å². The fourth-order valence-electron chi connectivity index (χ4n) is 3.13. The average molecular weight is 275 g/mol. The molecule has 1 N–H and O–H groups in total. The number of non-ortho nitro benzene ring substituents is 1. The van der Waals surface area contributed by atoms with E-state index in [0.29, 0.717) is 17.4 Å². The largest absolute Gasteiger partial charge is 0.338 e. The number of likely N-dealkylation sites (tertiary alicyclic amines) is 1. The fraction of sp³-hybridized carbons (Fsp3) is 0.500. The second-order valence-electron chi connectivity index (χ2n) is 5.52. The molecule has 2 unspecified atom stereocenters. The highest BCUT2D eigenvalue weighted by Crippen LogP contribution is 2.27. The lowest BCUT2D eigenvalue weighted by Gasteiger charge is -2.34. The Kier molecular flexibility index (Phi) is 3.40. The fourth-order valence-corrected chi connectivity index (χ4v) is 3.13. The molecule has 0 aromatic heterocycles. The highest BCUT2D eigenvalue weighted by Gasteiger charge is 2.34.